The summed E-state index contributed by atoms with van der Waals surface area (Å²) in [7, 11) is -3.35. The summed E-state index contributed by atoms with van der Waals surface area (Å²) in [5.74, 6) is 1.38. The Bertz CT molecular complexity index is 790. The van der Waals surface area contributed by atoms with Crippen molar-refractivity contribution >= 4 is 21.5 Å². The Balaban J connectivity index is 1.74. The van der Waals surface area contributed by atoms with Crippen LogP contribution in [-0.4, -0.2) is 26.2 Å². The molecule has 2 heterocycles. The molecule has 0 fully saturated rings. The van der Waals surface area contributed by atoms with Crippen LogP contribution >= 0.6 is 0 Å². The van der Waals surface area contributed by atoms with Gasteiger partial charge in [-0.05, 0) is 30.2 Å². The molecule has 1 aromatic carbocycles. The Morgan fingerprint density at radius 3 is 2.91 bits per heavy atom. The molecule has 0 unspecified atom stereocenters. The lowest BCUT2D eigenvalue weighted by Gasteiger charge is -2.12. The van der Waals surface area contributed by atoms with Crippen LogP contribution in [0.1, 0.15) is 11.3 Å². The Morgan fingerprint density at radius 2 is 2.09 bits per heavy atom. The van der Waals surface area contributed by atoms with E-state index in [4.69, 9.17) is 4.74 Å². The largest absolute Gasteiger partial charge is 0.485 e. The molecule has 22 heavy (non-hydrogen) atoms. The highest BCUT2D eigenvalue weighted by molar-refractivity contribution is 7.92. The molecule has 0 saturated carbocycles. The van der Waals surface area contributed by atoms with E-state index in [0.717, 1.165) is 30.7 Å². The van der Waals surface area contributed by atoms with Gasteiger partial charge < -0.3 is 10.1 Å². The predicted molar refractivity (Wildman–Crippen MR) is 85.7 cm³/mol. The summed E-state index contributed by atoms with van der Waals surface area (Å²) in [6, 6.07) is 10.9. The first-order valence-corrected chi connectivity index (χ1v) is 8.83. The minimum absolute atomic E-state index is 0.275. The average Bonchev–Trinajstić information content (AvgIpc) is 2.92. The second kappa shape index (κ2) is 5.84. The lowest BCUT2D eigenvalue weighted by atomic mass is 10.2. The number of nitrogens with one attached hydrogen (secondary N) is 2. The van der Waals surface area contributed by atoms with Crippen LogP contribution in [0.4, 0.5) is 11.5 Å². The van der Waals surface area contributed by atoms with Crippen molar-refractivity contribution < 1.29 is 13.2 Å². The van der Waals surface area contributed by atoms with E-state index < -0.39 is 10.0 Å². The fourth-order valence-corrected chi connectivity index (χ4v) is 2.88. The third kappa shape index (κ3) is 3.48. The third-order valence-electron chi connectivity index (χ3n) is 3.28. The van der Waals surface area contributed by atoms with Crippen LogP contribution in [0.25, 0.3) is 0 Å². The maximum atomic E-state index is 11.4. The first-order valence-electron chi connectivity index (χ1n) is 6.93. The van der Waals surface area contributed by atoms with Gasteiger partial charge in [0.2, 0.25) is 10.0 Å². The maximum Gasteiger partial charge on any atom is 0.229 e. The van der Waals surface area contributed by atoms with Crippen molar-refractivity contribution in [3.8, 4) is 5.75 Å². The highest BCUT2D eigenvalue weighted by atomic mass is 32.2. The molecule has 2 N–H and O–H groups in total. The number of sulfonamides is 1. The van der Waals surface area contributed by atoms with E-state index in [9.17, 15) is 8.42 Å². The molecule has 0 spiro atoms. The molecule has 7 heteroatoms. The predicted octanol–water partition coefficient (Wildman–Crippen LogP) is 2.00. The van der Waals surface area contributed by atoms with Crippen LogP contribution in [0.5, 0.6) is 5.75 Å². The molecule has 3 rings (SSSR count). The quantitative estimate of drug-likeness (QED) is 0.881. The van der Waals surface area contributed by atoms with E-state index >= 15 is 0 Å². The smallest absolute Gasteiger partial charge is 0.229 e. The molecule has 1 aliphatic rings. The SMILES string of the molecule is CS(=O)(=O)Nc1ccccc1OCc1ccc2c(n1)NCC2. The molecule has 116 valence electrons. The second-order valence-electron chi connectivity index (χ2n) is 5.15. The normalized spacial score (nSPS) is 13.3. The van der Waals surface area contributed by atoms with Gasteiger partial charge in [-0.25, -0.2) is 13.4 Å². The zero-order chi connectivity index (χ0) is 15.6. The molecule has 0 radical (unpaired) electrons. The lowest BCUT2D eigenvalue weighted by Crippen LogP contribution is -2.11. The summed E-state index contributed by atoms with van der Waals surface area (Å²) in [6.45, 7) is 1.19. The molecule has 2 aromatic rings. The van der Waals surface area contributed by atoms with Gasteiger partial charge in [-0.1, -0.05) is 18.2 Å². The maximum absolute atomic E-state index is 11.4. The van der Waals surface area contributed by atoms with Crippen molar-refractivity contribution in [3.05, 3.63) is 47.7 Å². The van der Waals surface area contributed by atoms with Crippen LogP contribution in [0.3, 0.4) is 0 Å². The van der Waals surface area contributed by atoms with E-state index in [2.05, 4.69) is 15.0 Å². The van der Waals surface area contributed by atoms with Gasteiger partial charge in [0.15, 0.2) is 0 Å². The van der Waals surface area contributed by atoms with Crippen molar-refractivity contribution in [1.29, 1.82) is 0 Å². The number of para-hydroxylation sites is 2. The van der Waals surface area contributed by atoms with Crippen LogP contribution in [0, 0.1) is 0 Å². The van der Waals surface area contributed by atoms with Gasteiger partial charge in [0.05, 0.1) is 17.6 Å². The number of aromatic nitrogens is 1. The molecule has 0 amide bonds. The van der Waals surface area contributed by atoms with Crippen molar-refractivity contribution in [2.75, 3.05) is 22.8 Å². The number of hydrogen-bond donors (Lipinski definition) is 2. The van der Waals surface area contributed by atoms with Gasteiger partial charge in [0.1, 0.15) is 18.2 Å². The Labute approximate surface area is 129 Å². The van der Waals surface area contributed by atoms with Crippen molar-refractivity contribution in [2.45, 2.75) is 13.0 Å². The minimum atomic E-state index is -3.35. The number of anilines is 2. The molecular formula is C15H17N3O3S. The standard InChI is InChI=1S/C15H17N3O3S/c1-22(19,20)18-13-4-2-3-5-14(13)21-10-12-7-6-11-8-9-16-15(11)17-12/h2-7,18H,8-10H2,1H3,(H,16,17). The van der Waals surface area contributed by atoms with Crippen LogP contribution < -0.4 is 14.8 Å². The highest BCUT2D eigenvalue weighted by Crippen LogP contribution is 2.26. The molecule has 0 saturated heterocycles. The Kier molecular flexibility index (Phi) is 3.89. The molecule has 0 atom stereocenters. The average molecular weight is 319 g/mol. The van der Waals surface area contributed by atoms with E-state index in [1.807, 2.05) is 12.1 Å². The van der Waals surface area contributed by atoms with E-state index in [-0.39, 0.29) is 6.61 Å². The summed E-state index contributed by atoms with van der Waals surface area (Å²) >= 11 is 0. The molecule has 6 nitrogen and oxygen atoms in total. The molecule has 0 aliphatic carbocycles. The zero-order valence-electron chi connectivity index (χ0n) is 12.2. The summed E-state index contributed by atoms with van der Waals surface area (Å²) < 4.78 is 30.9. The van der Waals surface area contributed by atoms with E-state index in [1.54, 1.807) is 24.3 Å². The molecular weight excluding hydrogens is 302 g/mol. The number of rotatable bonds is 5. The van der Waals surface area contributed by atoms with E-state index in [0.29, 0.717) is 11.4 Å². The Hall–Kier alpha value is -2.28. The Morgan fingerprint density at radius 1 is 1.27 bits per heavy atom. The third-order valence-corrected chi connectivity index (χ3v) is 3.87. The van der Waals surface area contributed by atoms with Crippen LogP contribution in [0.15, 0.2) is 36.4 Å². The van der Waals surface area contributed by atoms with Gasteiger partial charge >= 0.3 is 0 Å². The number of benzene rings is 1. The molecule has 0 bridgehead atoms. The summed E-state index contributed by atoms with van der Waals surface area (Å²) in [4.78, 5) is 4.50. The summed E-state index contributed by atoms with van der Waals surface area (Å²) in [5, 5.41) is 3.22. The van der Waals surface area contributed by atoms with Gasteiger partial charge in [0, 0.05) is 6.54 Å². The molecule has 1 aliphatic heterocycles. The first kappa shape index (κ1) is 14.6. The van der Waals surface area contributed by atoms with Crippen LogP contribution in [-0.2, 0) is 23.1 Å². The first-order chi connectivity index (χ1) is 10.5. The zero-order valence-corrected chi connectivity index (χ0v) is 13.0. The fourth-order valence-electron chi connectivity index (χ4n) is 2.31. The lowest BCUT2D eigenvalue weighted by molar-refractivity contribution is 0.303. The minimum Gasteiger partial charge on any atom is -0.485 e. The molecule has 1 aromatic heterocycles. The fraction of sp³-hybridized carbons (Fsp3) is 0.267. The summed E-state index contributed by atoms with van der Waals surface area (Å²) in [5.41, 5.74) is 2.43. The second-order valence-corrected chi connectivity index (χ2v) is 6.89. The van der Waals surface area contributed by atoms with Crippen molar-refractivity contribution in [2.24, 2.45) is 0 Å². The highest BCUT2D eigenvalue weighted by Gasteiger charge is 2.12. The van der Waals surface area contributed by atoms with Gasteiger partial charge in [-0.2, -0.15) is 0 Å². The summed E-state index contributed by atoms with van der Waals surface area (Å²) in [6.07, 6.45) is 2.10. The number of pyridine rings is 1. The number of ether oxygens (including phenoxy) is 1. The van der Waals surface area contributed by atoms with E-state index in [1.165, 1.54) is 5.56 Å². The number of hydrogen-bond acceptors (Lipinski definition) is 5. The van der Waals surface area contributed by atoms with Gasteiger partial charge in [0.25, 0.3) is 0 Å². The number of fused-ring (bicyclic) bond motifs is 1. The van der Waals surface area contributed by atoms with Gasteiger partial charge in [-0.15, -0.1) is 0 Å². The topological polar surface area (TPSA) is 80.3 Å². The van der Waals surface area contributed by atoms with Gasteiger partial charge in [-0.3, -0.25) is 4.72 Å². The van der Waals surface area contributed by atoms with Crippen molar-refractivity contribution in [3.63, 3.8) is 0 Å². The van der Waals surface area contributed by atoms with Crippen LogP contribution in [0.2, 0.25) is 0 Å². The number of nitrogens with zero attached hydrogens (tertiary/aromatic N) is 1. The van der Waals surface area contributed by atoms with Crippen molar-refractivity contribution in [1.82, 2.24) is 4.98 Å². The monoisotopic (exact) mass is 319 g/mol.